The van der Waals surface area contributed by atoms with Crippen molar-refractivity contribution in [2.24, 2.45) is 0 Å². The molecule has 6 heteroatoms. The van der Waals surface area contributed by atoms with E-state index in [0.29, 0.717) is 30.4 Å². The topological polar surface area (TPSA) is 73.9 Å². The van der Waals surface area contributed by atoms with Crippen LogP contribution in [0.25, 0.3) is 6.08 Å². The summed E-state index contributed by atoms with van der Waals surface area (Å²) < 4.78 is 15.9. The molecule has 26 heavy (non-hydrogen) atoms. The quantitative estimate of drug-likeness (QED) is 0.661. The lowest BCUT2D eigenvalue weighted by molar-refractivity contribution is -0.142. The van der Waals surface area contributed by atoms with E-state index in [4.69, 9.17) is 14.2 Å². The summed E-state index contributed by atoms with van der Waals surface area (Å²) in [4.78, 5) is 23.6. The molecule has 0 saturated carbocycles. The van der Waals surface area contributed by atoms with Crippen molar-refractivity contribution in [3.63, 3.8) is 0 Å². The number of hydrogen-bond donors (Lipinski definition) is 1. The number of rotatable bonds is 5. The van der Waals surface area contributed by atoms with Gasteiger partial charge in [0.2, 0.25) is 0 Å². The molecular weight excluding hydrogens is 334 g/mol. The second-order valence-electron chi connectivity index (χ2n) is 5.76. The van der Waals surface area contributed by atoms with Crippen molar-refractivity contribution in [2.75, 3.05) is 25.1 Å². The molecule has 2 aromatic rings. The van der Waals surface area contributed by atoms with E-state index < -0.39 is 11.9 Å². The second-order valence-corrected chi connectivity index (χ2v) is 5.76. The Kier molecular flexibility index (Phi) is 5.53. The van der Waals surface area contributed by atoms with Gasteiger partial charge in [0.1, 0.15) is 13.2 Å². The number of amides is 1. The van der Waals surface area contributed by atoms with Crippen molar-refractivity contribution in [1.82, 2.24) is 0 Å². The monoisotopic (exact) mass is 353 g/mol. The molecular formula is C20H19NO5. The Morgan fingerprint density at radius 1 is 1.12 bits per heavy atom. The van der Waals surface area contributed by atoms with Crippen LogP contribution in [0.1, 0.15) is 11.1 Å². The first kappa shape index (κ1) is 17.5. The number of nitrogens with one attached hydrogen (secondary N) is 1. The van der Waals surface area contributed by atoms with Gasteiger partial charge in [-0.3, -0.25) is 4.79 Å². The van der Waals surface area contributed by atoms with Crippen LogP contribution in [0.5, 0.6) is 11.5 Å². The van der Waals surface area contributed by atoms with E-state index in [1.807, 2.05) is 31.2 Å². The summed E-state index contributed by atoms with van der Waals surface area (Å²) in [6, 6.07) is 12.8. The molecule has 0 aliphatic carbocycles. The van der Waals surface area contributed by atoms with E-state index in [0.717, 1.165) is 11.1 Å². The van der Waals surface area contributed by atoms with Gasteiger partial charge in [-0.25, -0.2) is 4.79 Å². The van der Waals surface area contributed by atoms with Crippen LogP contribution in [0.2, 0.25) is 0 Å². The number of anilines is 1. The van der Waals surface area contributed by atoms with Gasteiger partial charge in [0, 0.05) is 11.8 Å². The minimum absolute atomic E-state index is 0.349. The zero-order valence-corrected chi connectivity index (χ0v) is 14.4. The third-order valence-electron chi connectivity index (χ3n) is 3.63. The Morgan fingerprint density at radius 2 is 1.92 bits per heavy atom. The summed E-state index contributed by atoms with van der Waals surface area (Å²) in [5, 5.41) is 2.68. The molecule has 0 aromatic heterocycles. The van der Waals surface area contributed by atoms with E-state index in [1.54, 1.807) is 24.3 Å². The van der Waals surface area contributed by atoms with Crippen LogP contribution >= 0.6 is 0 Å². The highest BCUT2D eigenvalue weighted by atomic mass is 16.6. The average Bonchev–Trinajstić information content (AvgIpc) is 2.64. The van der Waals surface area contributed by atoms with Gasteiger partial charge in [-0.1, -0.05) is 18.2 Å². The van der Waals surface area contributed by atoms with E-state index in [9.17, 15) is 9.59 Å². The molecule has 1 heterocycles. The van der Waals surface area contributed by atoms with E-state index in [-0.39, 0.29) is 6.61 Å². The number of esters is 1. The molecule has 0 saturated heterocycles. The van der Waals surface area contributed by atoms with Crippen molar-refractivity contribution in [2.45, 2.75) is 6.92 Å². The molecule has 3 rings (SSSR count). The zero-order chi connectivity index (χ0) is 18.4. The van der Waals surface area contributed by atoms with Gasteiger partial charge in [-0.05, 0) is 48.4 Å². The summed E-state index contributed by atoms with van der Waals surface area (Å²) >= 11 is 0. The van der Waals surface area contributed by atoms with Crippen LogP contribution in [-0.4, -0.2) is 31.7 Å². The number of benzene rings is 2. The summed E-state index contributed by atoms with van der Waals surface area (Å²) in [5.74, 6) is 0.337. The van der Waals surface area contributed by atoms with Crippen molar-refractivity contribution in [3.05, 3.63) is 59.7 Å². The molecule has 2 aromatic carbocycles. The third-order valence-corrected chi connectivity index (χ3v) is 3.63. The van der Waals surface area contributed by atoms with Gasteiger partial charge in [-0.2, -0.15) is 0 Å². The maximum Gasteiger partial charge on any atom is 0.331 e. The molecule has 0 atom stereocenters. The minimum atomic E-state index is -0.598. The van der Waals surface area contributed by atoms with Gasteiger partial charge in [0.25, 0.3) is 5.91 Å². The van der Waals surface area contributed by atoms with Gasteiger partial charge in [-0.15, -0.1) is 0 Å². The van der Waals surface area contributed by atoms with Crippen LogP contribution in [0, 0.1) is 6.92 Å². The number of hydrogen-bond acceptors (Lipinski definition) is 5. The first-order valence-corrected chi connectivity index (χ1v) is 8.21. The van der Waals surface area contributed by atoms with Crippen LogP contribution in [0.15, 0.2) is 48.5 Å². The van der Waals surface area contributed by atoms with Gasteiger partial charge >= 0.3 is 5.97 Å². The average molecular weight is 353 g/mol. The van der Waals surface area contributed by atoms with Gasteiger partial charge in [0.15, 0.2) is 18.1 Å². The van der Waals surface area contributed by atoms with Crippen molar-refractivity contribution in [3.8, 4) is 11.5 Å². The van der Waals surface area contributed by atoms with E-state index in [2.05, 4.69) is 5.32 Å². The lowest BCUT2D eigenvalue weighted by Gasteiger charge is -2.18. The molecule has 1 aliphatic rings. The minimum Gasteiger partial charge on any atom is -0.486 e. The summed E-state index contributed by atoms with van der Waals surface area (Å²) in [6.07, 6.45) is 2.87. The fraction of sp³-hybridized carbons (Fsp3) is 0.200. The summed E-state index contributed by atoms with van der Waals surface area (Å²) in [6.45, 7) is 2.61. The molecule has 1 N–H and O–H groups in total. The Labute approximate surface area is 151 Å². The van der Waals surface area contributed by atoms with Crippen molar-refractivity contribution >= 4 is 23.6 Å². The smallest absolute Gasteiger partial charge is 0.331 e. The molecule has 0 radical (unpaired) electrons. The number of ether oxygens (including phenoxy) is 3. The van der Waals surface area contributed by atoms with Crippen LogP contribution in [0.3, 0.4) is 0 Å². The Balaban J connectivity index is 1.49. The van der Waals surface area contributed by atoms with Crippen molar-refractivity contribution < 1.29 is 23.8 Å². The first-order valence-electron chi connectivity index (χ1n) is 8.21. The van der Waals surface area contributed by atoms with Crippen LogP contribution in [-0.2, 0) is 14.3 Å². The predicted octanol–water partition coefficient (Wildman–Crippen LogP) is 2.96. The van der Waals surface area contributed by atoms with E-state index in [1.165, 1.54) is 6.08 Å². The Hall–Kier alpha value is -3.28. The van der Waals surface area contributed by atoms with Gasteiger partial charge in [0.05, 0.1) is 0 Å². The summed E-state index contributed by atoms with van der Waals surface area (Å²) in [5.41, 5.74) is 2.47. The standard InChI is InChI=1S/C20H19NO5/c1-14-3-2-4-16(11-14)21-19(22)13-26-20(23)8-6-15-5-7-17-18(12-15)25-10-9-24-17/h2-8,11-12H,9-10,13H2,1H3,(H,21,22)/b8-6+. The highest BCUT2D eigenvalue weighted by Crippen LogP contribution is 2.31. The lowest BCUT2D eigenvalue weighted by Crippen LogP contribution is -2.20. The maximum absolute atomic E-state index is 11.8. The SMILES string of the molecule is Cc1cccc(NC(=O)COC(=O)/C=C/c2ccc3c(c2)OCCO3)c1. The number of fused-ring (bicyclic) bond motifs is 1. The highest BCUT2D eigenvalue weighted by molar-refractivity contribution is 5.94. The Morgan fingerprint density at radius 3 is 2.73 bits per heavy atom. The largest absolute Gasteiger partial charge is 0.486 e. The fourth-order valence-electron chi connectivity index (χ4n) is 2.43. The van der Waals surface area contributed by atoms with Crippen LogP contribution in [0.4, 0.5) is 5.69 Å². The molecule has 134 valence electrons. The number of aryl methyl sites for hydroxylation is 1. The second kappa shape index (κ2) is 8.20. The molecule has 0 bridgehead atoms. The van der Waals surface area contributed by atoms with E-state index >= 15 is 0 Å². The maximum atomic E-state index is 11.8. The molecule has 6 nitrogen and oxygen atoms in total. The number of carbonyl (C=O) groups is 2. The highest BCUT2D eigenvalue weighted by Gasteiger charge is 2.11. The lowest BCUT2D eigenvalue weighted by atomic mass is 10.2. The normalized spacial score (nSPS) is 12.7. The fourth-order valence-corrected chi connectivity index (χ4v) is 2.43. The third kappa shape index (κ3) is 4.86. The molecule has 1 amide bonds. The molecule has 0 unspecified atom stereocenters. The van der Waals surface area contributed by atoms with Gasteiger partial charge < -0.3 is 19.5 Å². The Bertz CT molecular complexity index is 844. The molecule has 0 spiro atoms. The summed E-state index contributed by atoms with van der Waals surface area (Å²) in [7, 11) is 0. The molecule has 1 aliphatic heterocycles. The number of carbonyl (C=O) groups excluding carboxylic acids is 2. The van der Waals surface area contributed by atoms with Crippen LogP contribution < -0.4 is 14.8 Å². The first-order chi connectivity index (χ1) is 12.6. The van der Waals surface area contributed by atoms with Crippen molar-refractivity contribution in [1.29, 1.82) is 0 Å². The molecule has 0 fully saturated rings. The zero-order valence-electron chi connectivity index (χ0n) is 14.4. The predicted molar refractivity (Wildman–Crippen MR) is 97.2 cm³/mol.